The molecule has 0 N–H and O–H groups in total. The van der Waals surface area contributed by atoms with Gasteiger partial charge in [-0.25, -0.2) is 0 Å². The van der Waals surface area contributed by atoms with Gasteiger partial charge in [0.1, 0.15) is 5.75 Å². The molecule has 210 valence electrons. The van der Waals surface area contributed by atoms with Crippen molar-refractivity contribution in [1.82, 2.24) is 0 Å². The lowest BCUT2D eigenvalue weighted by Gasteiger charge is -2.09. The molecule has 0 unspecified atom stereocenters. The first kappa shape index (κ1) is 26.9. The van der Waals surface area contributed by atoms with Crippen molar-refractivity contribution < 1.29 is 17.9 Å². The second-order valence-corrected chi connectivity index (χ2v) is 10.5. The summed E-state index contributed by atoms with van der Waals surface area (Å²) in [5.41, 5.74) is 4.68. The van der Waals surface area contributed by atoms with E-state index >= 15 is 0 Å². The van der Waals surface area contributed by atoms with E-state index in [1.165, 1.54) is 17.7 Å². The predicted octanol–water partition coefficient (Wildman–Crippen LogP) is 8.83. The lowest BCUT2D eigenvalue weighted by atomic mass is 10.0. The standard InChI is InChI=1S/C36H19F3N4O/c1-20-3-5-21(6-4-20)24-10-14-27-29-17-32-28(18-33(29)35(43-41-2)31(27)16-24)26-13-9-23(15-30(26)34(32)42-19-40)22-7-11-25(12-8-22)44-36(37,38)39/h3-18H,1H3/b42-34?,43-35+. The van der Waals surface area contributed by atoms with Crippen LogP contribution in [-0.4, -0.2) is 6.36 Å². The maximum absolute atomic E-state index is 12.6. The second kappa shape index (κ2) is 10.1. The summed E-state index contributed by atoms with van der Waals surface area (Å²) in [7, 11) is 0. The zero-order chi connectivity index (χ0) is 30.6. The van der Waals surface area contributed by atoms with E-state index in [0.717, 1.165) is 59.8 Å². The zero-order valence-corrected chi connectivity index (χ0v) is 23.1. The number of halogens is 3. The minimum absolute atomic E-state index is 0.306. The Hall–Kier alpha value is -5.99. The Morgan fingerprint density at radius 1 is 0.636 bits per heavy atom. The van der Waals surface area contributed by atoms with Gasteiger partial charge in [0.05, 0.1) is 10.5 Å². The Morgan fingerprint density at radius 2 is 1.11 bits per heavy atom. The maximum atomic E-state index is 12.6. The molecule has 0 fully saturated rings. The van der Waals surface area contributed by atoms with Crippen molar-refractivity contribution in [3.05, 3.63) is 125 Å². The summed E-state index contributed by atoms with van der Waals surface area (Å²) in [5.74, 6) is -0.306. The number of hydrogen-bond acceptors (Lipinski definition) is 4. The first-order valence-electron chi connectivity index (χ1n) is 13.6. The van der Waals surface area contributed by atoms with Gasteiger partial charge in [-0.3, -0.25) is 0 Å². The van der Waals surface area contributed by atoms with Crippen LogP contribution >= 0.6 is 0 Å². The van der Waals surface area contributed by atoms with Crippen LogP contribution in [0, 0.1) is 25.0 Å². The number of nitriles is 1. The largest absolute Gasteiger partial charge is 0.573 e. The zero-order valence-electron chi connectivity index (χ0n) is 23.1. The summed E-state index contributed by atoms with van der Waals surface area (Å²) >= 11 is 0. The number of nitrogens with zero attached hydrogens (tertiary/aromatic N) is 4. The Bertz CT molecular complexity index is 2470. The highest BCUT2D eigenvalue weighted by Crippen LogP contribution is 2.36. The average molecular weight is 581 g/mol. The van der Waals surface area contributed by atoms with Crippen LogP contribution in [0.3, 0.4) is 0 Å². The molecule has 44 heavy (non-hydrogen) atoms. The SMILES string of the molecule is [C-]#[N+]/N=c1\c2cc(-c3ccc(C)cc3)ccc2c2cc3c(=NC#N)c4cc(-c5ccc(OC(F)(F)F)cc5)ccc4c3cc12. The van der Waals surface area contributed by atoms with Gasteiger partial charge in [-0.15, -0.1) is 18.1 Å². The van der Waals surface area contributed by atoms with E-state index in [9.17, 15) is 18.4 Å². The lowest BCUT2D eigenvalue weighted by molar-refractivity contribution is -0.274. The van der Waals surface area contributed by atoms with Crippen LogP contribution in [0.1, 0.15) is 5.56 Å². The molecule has 0 bridgehead atoms. The number of rotatable bonds is 3. The second-order valence-electron chi connectivity index (χ2n) is 10.5. The molecule has 0 atom stereocenters. The van der Waals surface area contributed by atoms with Crippen LogP contribution < -0.4 is 15.5 Å². The third-order valence-electron chi connectivity index (χ3n) is 7.92. The van der Waals surface area contributed by atoms with Crippen molar-refractivity contribution in [2.75, 3.05) is 0 Å². The number of hydrogen-bond donors (Lipinski definition) is 0. The molecule has 0 aliphatic carbocycles. The Balaban J connectivity index is 1.45. The molecule has 0 saturated heterocycles. The number of alkyl halides is 3. The highest BCUT2D eigenvalue weighted by atomic mass is 19.4. The van der Waals surface area contributed by atoms with Crippen LogP contribution in [-0.2, 0) is 0 Å². The quantitative estimate of drug-likeness (QED) is 0.119. The van der Waals surface area contributed by atoms with Crippen molar-refractivity contribution in [2.24, 2.45) is 10.1 Å². The molecule has 5 nitrogen and oxygen atoms in total. The van der Waals surface area contributed by atoms with Gasteiger partial charge in [-0.2, -0.15) is 16.8 Å². The fourth-order valence-corrected chi connectivity index (χ4v) is 5.96. The van der Waals surface area contributed by atoms with Crippen LogP contribution in [0.4, 0.5) is 13.2 Å². The molecule has 0 radical (unpaired) electrons. The van der Waals surface area contributed by atoms with E-state index in [2.05, 4.69) is 56.2 Å². The Kier molecular flexibility index (Phi) is 6.16. The average Bonchev–Trinajstić information content (AvgIpc) is 3.47. The minimum atomic E-state index is -4.77. The molecular weight excluding hydrogens is 561 g/mol. The summed E-state index contributed by atoms with van der Waals surface area (Å²) in [4.78, 5) is 7.57. The molecule has 0 aliphatic heterocycles. The molecule has 0 heterocycles. The fraction of sp³-hybridized carbons (Fsp3) is 0.0556. The fourth-order valence-electron chi connectivity index (χ4n) is 5.96. The van der Waals surface area contributed by atoms with E-state index in [0.29, 0.717) is 16.3 Å². The predicted molar refractivity (Wildman–Crippen MR) is 164 cm³/mol. The summed E-state index contributed by atoms with van der Waals surface area (Å²) in [5, 5.41) is 21.7. The summed E-state index contributed by atoms with van der Waals surface area (Å²) < 4.78 is 41.8. The van der Waals surface area contributed by atoms with Crippen molar-refractivity contribution in [3.63, 3.8) is 0 Å². The molecule has 8 heteroatoms. The van der Waals surface area contributed by atoms with E-state index in [1.54, 1.807) is 12.1 Å². The van der Waals surface area contributed by atoms with Gasteiger partial charge < -0.3 is 4.74 Å². The van der Waals surface area contributed by atoms with Crippen molar-refractivity contribution in [3.8, 4) is 34.2 Å². The molecule has 0 spiro atoms. The summed E-state index contributed by atoms with van der Waals surface area (Å²) in [6.07, 6.45) is -2.84. The van der Waals surface area contributed by atoms with E-state index in [-0.39, 0.29) is 5.75 Å². The summed E-state index contributed by atoms with van der Waals surface area (Å²) in [6, 6.07) is 29.7. The van der Waals surface area contributed by atoms with Gasteiger partial charge in [0.25, 0.3) is 0 Å². The van der Waals surface area contributed by atoms with Gasteiger partial charge >= 0.3 is 6.36 Å². The van der Waals surface area contributed by atoms with Gasteiger partial charge in [-0.1, -0.05) is 66.2 Å². The molecule has 0 aromatic heterocycles. The highest BCUT2D eigenvalue weighted by Gasteiger charge is 2.31. The smallest absolute Gasteiger partial charge is 0.406 e. The third-order valence-corrected chi connectivity index (χ3v) is 7.92. The topological polar surface area (TPSA) is 62.1 Å². The summed E-state index contributed by atoms with van der Waals surface area (Å²) in [6.45, 7) is 9.57. The van der Waals surface area contributed by atoms with Gasteiger partial charge in [0.15, 0.2) is 5.36 Å². The molecule has 7 aromatic rings. The first-order chi connectivity index (χ1) is 21.2. The van der Waals surface area contributed by atoms with Crippen LogP contribution in [0.2, 0.25) is 0 Å². The molecular formula is C36H19F3N4O. The monoisotopic (exact) mass is 580 g/mol. The van der Waals surface area contributed by atoms with Crippen LogP contribution in [0.5, 0.6) is 5.75 Å². The van der Waals surface area contributed by atoms with Gasteiger partial charge in [0, 0.05) is 21.5 Å². The maximum Gasteiger partial charge on any atom is 0.573 e. The first-order valence-corrected chi connectivity index (χ1v) is 13.6. The van der Waals surface area contributed by atoms with Crippen molar-refractivity contribution in [1.29, 1.82) is 5.26 Å². The van der Waals surface area contributed by atoms with E-state index in [4.69, 9.17) is 6.57 Å². The van der Waals surface area contributed by atoms with Crippen LogP contribution in [0.25, 0.3) is 70.3 Å². The van der Waals surface area contributed by atoms with Gasteiger partial charge in [-0.05, 0) is 87.1 Å². The number of aryl methyl sites for hydroxylation is 1. The molecule has 7 rings (SSSR count). The Labute approximate surface area is 248 Å². The number of fused-ring (bicyclic) bond motifs is 6. The lowest BCUT2D eigenvalue weighted by Crippen LogP contribution is -2.16. The normalized spacial score (nSPS) is 12.8. The van der Waals surface area contributed by atoms with Crippen LogP contribution in [0.15, 0.2) is 107 Å². The molecule has 0 aliphatic rings. The van der Waals surface area contributed by atoms with E-state index in [1.807, 2.05) is 49.5 Å². The minimum Gasteiger partial charge on any atom is -0.406 e. The van der Waals surface area contributed by atoms with Crippen molar-refractivity contribution >= 4 is 43.1 Å². The van der Waals surface area contributed by atoms with Crippen molar-refractivity contribution in [2.45, 2.75) is 13.3 Å². The third kappa shape index (κ3) is 4.50. The molecule has 0 saturated carbocycles. The molecule has 7 aromatic carbocycles. The number of ether oxygens (including phenoxy) is 1. The molecule has 0 amide bonds. The highest BCUT2D eigenvalue weighted by molar-refractivity contribution is 6.21. The van der Waals surface area contributed by atoms with E-state index < -0.39 is 6.36 Å². The number of benzene rings is 5. The Morgan fingerprint density at radius 3 is 1.64 bits per heavy atom. The van der Waals surface area contributed by atoms with Gasteiger partial charge in [0.2, 0.25) is 6.19 Å².